The Labute approximate surface area is 105 Å². The van der Waals surface area contributed by atoms with Gasteiger partial charge in [0.2, 0.25) is 0 Å². The number of aromatic nitrogens is 2. The van der Waals surface area contributed by atoms with E-state index in [9.17, 15) is 0 Å². The largest absolute Gasteiger partial charge is 0.272 e. The molecule has 4 nitrogen and oxygen atoms in total. The molecule has 0 saturated heterocycles. The first-order valence-electron chi connectivity index (χ1n) is 6.44. The first-order valence-corrected chi connectivity index (χ1v) is 6.44. The molecule has 1 rings (SSSR count). The van der Waals surface area contributed by atoms with Crippen LogP contribution in [0.2, 0.25) is 0 Å². The highest BCUT2D eigenvalue weighted by Gasteiger charge is 2.16. The zero-order chi connectivity index (χ0) is 13.0. The van der Waals surface area contributed by atoms with Crippen molar-refractivity contribution in [2.45, 2.75) is 53.0 Å². The van der Waals surface area contributed by atoms with Crippen molar-refractivity contribution in [3.63, 3.8) is 0 Å². The number of nitrogens with two attached hydrogens (primary N) is 1. The Balaban J connectivity index is 2.73. The maximum Gasteiger partial charge on any atom is 0.0628 e. The molecule has 3 N–H and O–H groups in total. The smallest absolute Gasteiger partial charge is 0.0628 e. The van der Waals surface area contributed by atoms with Crippen LogP contribution in [0.1, 0.15) is 43.6 Å². The van der Waals surface area contributed by atoms with E-state index in [0.29, 0.717) is 12.0 Å². The number of hydrogen-bond acceptors (Lipinski definition) is 3. The van der Waals surface area contributed by atoms with Crippen molar-refractivity contribution in [2.75, 3.05) is 0 Å². The zero-order valence-electron chi connectivity index (χ0n) is 11.7. The molecule has 0 radical (unpaired) electrons. The van der Waals surface area contributed by atoms with Crippen molar-refractivity contribution in [1.29, 1.82) is 0 Å². The molecule has 0 fully saturated rings. The third-order valence-electron chi connectivity index (χ3n) is 3.73. The summed E-state index contributed by atoms with van der Waals surface area (Å²) in [6.07, 6.45) is 3.27. The summed E-state index contributed by atoms with van der Waals surface area (Å²) in [4.78, 5) is 0. The molecule has 4 heteroatoms. The van der Waals surface area contributed by atoms with Gasteiger partial charge in [0.15, 0.2) is 0 Å². The molecule has 17 heavy (non-hydrogen) atoms. The van der Waals surface area contributed by atoms with Gasteiger partial charge in [0.1, 0.15) is 0 Å². The number of nitrogens with zero attached hydrogens (tertiary/aromatic N) is 2. The van der Waals surface area contributed by atoms with Crippen LogP contribution in [0.15, 0.2) is 0 Å². The Morgan fingerprint density at radius 2 is 2.06 bits per heavy atom. The highest BCUT2D eigenvalue weighted by Crippen LogP contribution is 2.18. The molecule has 0 aliphatic heterocycles. The molecule has 2 atom stereocenters. The Morgan fingerprint density at radius 1 is 1.41 bits per heavy atom. The van der Waals surface area contributed by atoms with E-state index < -0.39 is 0 Å². The van der Waals surface area contributed by atoms with Gasteiger partial charge in [-0.15, -0.1) is 0 Å². The van der Waals surface area contributed by atoms with Crippen LogP contribution in [-0.2, 0) is 13.5 Å². The van der Waals surface area contributed by atoms with Crippen LogP contribution in [-0.4, -0.2) is 15.8 Å². The quantitative estimate of drug-likeness (QED) is 0.587. The van der Waals surface area contributed by atoms with Gasteiger partial charge >= 0.3 is 0 Å². The fraction of sp³-hybridized carbons (Fsp3) is 0.769. The summed E-state index contributed by atoms with van der Waals surface area (Å²) in [5, 5.41) is 4.45. The van der Waals surface area contributed by atoms with E-state index in [1.807, 2.05) is 11.7 Å². The second-order valence-corrected chi connectivity index (χ2v) is 5.09. The Morgan fingerprint density at radius 3 is 2.47 bits per heavy atom. The van der Waals surface area contributed by atoms with Gasteiger partial charge in [-0.25, -0.2) is 0 Å². The second-order valence-electron chi connectivity index (χ2n) is 5.09. The standard InChI is InChI=1S/C13H26N4/c1-6-9(2)7-12(15-14)8-13-10(3)16-17(5)11(13)4/h9,12,15H,6-8,14H2,1-5H3. The number of rotatable bonds is 6. The molecule has 1 aromatic heterocycles. The monoisotopic (exact) mass is 238 g/mol. The first-order chi connectivity index (χ1) is 7.99. The van der Waals surface area contributed by atoms with Crippen LogP contribution in [0.3, 0.4) is 0 Å². The van der Waals surface area contributed by atoms with Crippen molar-refractivity contribution in [3.05, 3.63) is 17.0 Å². The molecule has 2 unspecified atom stereocenters. The molecular formula is C13H26N4. The van der Waals surface area contributed by atoms with E-state index >= 15 is 0 Å². The van der Waals surface area contributed by atoms with E-state index in [0.717, 1.165) is 18.5 Å². The lowest BCUT2D eigenvalue weighted by Gasteiger charge is -2.19. The van der Waals surface area contributed by atoms with Gasteiger partial charge in [-0.2, -0.15) is 5.10 Å². The van der Waals surface area contributed by atoms with Gasteiger partial charge in [-0.3, -0.25) is 16.0 Å². The minimum atomic E-state index is 0.339. The maximum absolute atomic E-state index is 5.65. The van der Waals surface area contributed by atoms with Crippen molar-refractivity contribution < 1.29 is 0 Å². The molecule has 1 aromatic rings. The molecular weight excluding hydrogens is 212 g/mol. The molecule has 0 aliphatic carbocycles. The fourth-order valence-electron chi connectivity index (χ4n) is 2.22. The van der Waals surface area contributed by atoms with Crippen molar-refractivity contribution in [2.24, 2.45) is 18.8 Å². The first kappa shape index (κ1) is 14.2. The van der Waals surface area contributed by atoms with Crippen LogP contribution in [0, 0.1) is 19.8 Å². The van der Waals surface area contributed by atoms with Gasteiger partial charge in [-0.05, 0) is 38.2 Å². The molecule has 0 amide bonds. The summed E-state index contributed by atoms with van der Waals surface area (Å²) in [7, 11) is 1.99. The average molecular weight is 238 g/mol. The summed E-state index contributed by atoms with van der Waals surface area (Å²) < 4.78 is 1.95. The predicted octanol–water partition coefficient (Wildman–Crippen LogP) is 1.85. The van der Waals surface area contributed by atoms with Crippen LogP contribution in [0.25, 0.3) is 0 Å². The zero-order valence-corrected chi connectivity index (χ0v) is 11.7. The van der Waals surface area contributed by atoms with E-state index in [1.165, 1.54) is 17.7 Å². The SMILES string of the molecule is CCC(C)CC(Cc1c(C)nn(C)c1C)NN. The highest BCUT2D eigenvalue weighted by atomic mass is 15.3. The Kier molecular flexibility index (Phi) is 5.15. The van der Waals surface area contributed by atoms with Gasteiger partial charge in [-0.1, -0.05) is 20.3 Å². The van der Waals surface area contributed by atoms with Crippen LogP contribution in [0.5, 0.6) is 0 Å². The van der Waals surface area contributed by atoms with Crippen molar-refractivity contribution in [1.82, 2.24) is 15.2 Å². The normalized spacial score (nSPS) is 14.9. The Bertz CT molecular complexity index is 357. The number of aryl methyl sites for hydroxylation is 2. The molecule has 0 saturated carbocycles. The minimum Gasteiger partial charge on any atom is -0.272 e. The third kappa shape index (κ3) is 3.54. The average Bonchev–Trinajstić information content (AvgIpc) is 2.54. The second kappa shape index (κ2) is 6.17. The van der Waals surface area contributed by atoms with E-state index in [2.05, 4.69) is 38.2 Å². The minimum absolute atomic E-state index is 0.339. The van der Waals surface area contributed by atoms with E-state index in [1.54, 1.807) is 0 Å². The van der Waals surface area contributed by atoms with E-state index in [-0.39, 0.29) is 0 Å². The van der Waals surface area contributed by atoms with Crippen LogP contribution in [0.4, 0.5) is 0 Å². The highest BCUT2D eigenvalue weighted by molar-refractivity contribution is 5.25. The molecule has 98 valence electrons. The summed E-state index contributed by atoms with van der Waals surface area (Å²) in [5.74, 6) is 6.36. The molecule has 0 spiro atoms. The summed E-state index contributed by atoms with van der Waals surface area (Å²) in [6.45, 7) is 8.68. The number of nitrogens with one attached hydrogen (secondary N) is 1. The fourth-order valence-corrected chi connectivity index (χ4v) is 2.22. The predicted molar refractivity (Wildman–Crippen MR) is 71.6 cm³/mol. The summed E-state index contributed by atoms with van der Waals surface area (Å²) in [5.41, 5.74) is 6.64. The van der Waals surface area contributed by atoms with Gasteiger partial charge in [0.25, 0.3) is 0 Å². The molecule has 0 aromatic carbocycles. The van der Waals surface area contributed by atoms with Gasteiger partial charge in [0, 0.05) is 18.8 Å². The third-order valence-corrected chi connectivity index (χ3v) is 3.73. The lowest BCUT2D eigenvalue weighted by Crippen LogP contribution is -2.38. The molecule has 0 aliphatic rings. The lowest BCUT2D eigenvalue weighted by molar-refractivity contribution is 0.395. The van der Waals surface area contributed by atoms with Crippen molar-refractivity contribution >= 4 is 0 Å². The molecule has 1 heterocycles. The summed E-state index contributed by atoms with van der Waals surface area (Å²) in [6, 6.07) is 0.339. The van der Waals surface area contributed by atoms with Crippen LogP contribution < -0.4 is 11.3 Å². The Hall–Kier alpha value is -0.870. The lowest BCUT2D eigenvalue weighted by atomic mass is 9.94. The van der Waals surface area contributed by atoms with Crippen molar-refractivity contribution in [3.8, 4) is 0 Å². The van der Waals surface area contributed by atoms with Gasteiger partial charge < -0.3 is 0 Å². The number of hydrazine groups is 1. The summed E-state index contributed by atoms with van der Waals surface area (Å²) >= 11 is 0. The molecule has 0 bridgehead atoms. The van der Waals surface area contributed by atoms with Gasteiger partial charge in [0.05, 0.1) is 5.69 Å². The van der Waals surface area contributed by atoms with Crippen LogP contribution >= 0.6 is 0 Å². The number of hydrogen-bond donors (Lipinski definition) is 2. The maximum atomic E-state index is 5.65. The topological polar surface area (TPSA) is 55.9 Å². The van der Waals surface area contributed by atoms with E-state index in [4.69, 9.17) is 5.84 Å².